The van der Waals surface area contributed by atoms with Gasteiger partial charge in [0, 0.05) is 18.3 Å². The van der Waals surface area contributed by atoms with Crippen LogP contribution in [0.5, 0.6) is 0 Å². The van der Waals surface area contributed by atoms with E-state index in [0.717, 1.165) is 18.0 Å². The zero-order chi connectivity index (χ0) is 13.9. The third-order valence-corrected chi connectivity index (χ3v) is 5.04. The Kier molecular flexibility index (Phi) is 4.47. The molecule has 1 atom stereocenters. The minimum atomic E-state index is -3.34. The van der Waals surface area contributed by atoms with Crippen molar-refractivity contribution in [1.82, 2.24) is 4.72 Å². The van der Waals surface area contributed by atoms with E-state index in [1.165, 1.54) is 12.8 Å². The molecule has 0 radical (unpaired) electrons. The summed E-state index contributed by atoms with van der Waals surface area (Å²) in [6, 6.07) is 7.50. The summed E-state index contributed by atoms with van der Waals surface area (Å²) in [6.45, 7) is 4.36. The predicted molar refractivity (Wildman–Crippen MR) is 77.7 cm³/mol. The second-order valence-electron chi connectivity index (χ2n) is 5.02. The fraction of sp³-hybridized carbons (Fsp3) is 0.571. The Balaban J connectivity index is 2.05. The molecule has 1 unspecified atom stereocenters. The van der Waals surface area contributed by atoms with Crippen molar-refractivity contribution < 1.29 is 8.42 Å². The zero-order valence-electron chi connectivity index (χ0n) is 11.5. The van der Waals surface area contributed by atoms with E-state index in [-0.39, 0.29) is 0 Å². The fourth-order valence-electron chi connectivity index (χ4n) is 2.27. The van der Waals surface area contributed by atoms with Gasteiger partial charge in [-0.15, -0.1) is 0 Å². The molecular formula is C14H22N2O2S. The van der Waals surface area contributed by atoms with Gasteiger partial charge in [0.1, 0.15) is 0 Å². The SMILES string of the molecule is CCNS(=O)(=O)c1ccc(NC(CC)C2CC2)cc1. The van der Waals surface area contributed by atoms with Gasteiger partial charge in [0.25, 0.3) is 0 Å². The summed E-state index contributed by atoms with van der Waals surface area (Å²) in [5, 5.41) is 3.49. The number of sulfonamides is 1. The lowest BCUT2D eigenvalue weighted by molar-refractivity contribution is 0.584. The highest BCUT2D eigenvalue weighted by molar-refractivity contribution is 7.89. The smallest absolute Gasteiger partial charge is 0.240 e. The molecule has 0 amide bonds. The van der Waals surface area contributed by atoms with Gasteiger partial charge in [-0.1, -0.05) is 13.8 Å². The molecule has 5 heteroatoms. The second kappa shape index (κ2) is 5.92. The number of nitrogens with one attached hydrogen (secondary N) is 2. The molecular weight excluding hydrogens is 260 g/mol. The van der Waals surface area contributed by atoms with E-state index in [1.54, 1.807) is 19.1 Å². The highest BCUT2D eigenvalue weighted by Crippen LogP contribution is 2.35. The summed E-state index contributed by atoms with van der Waals surface area (Å²) in [6.07, 6.45) is 3.71. The van der Waals surface area contributed by atoms with Crippen LogP contribution in [0.15, 0.2) is 29.2 Å². The van der Waals surface area contributed by atoms with Crippen molar-refractivity contribution in [3.05, 3.63) is 24.3 Å². The molecule has 2 rings (SSSR count). The Labute approximate surface area is 115 Å². The summed E-state index contributed by atoms with van der Waals surface area (Å²) in [5.41, 5.74) is 0.995. The molecule has 4 nitrogen and oxygen atoms in total. The molecule has 106 valence electrons. The molecule has 1 saturated carbocycles. The Morgan fingerprint density at radius 1 is 1.21 bits per heavy atom. The molecule has 0 spiro atoms. The van der Waals surface area contributed by atoms with Gasteiger partial charge in [0.05, 0.1) is 4.90 Å². The monoisotopic (exact) mass is 282 g/mol. The van der Waals surface area contributed by atoms with Crippen LogP contribution in [-0.4, -0.2) is 21.0 Å². The molecule has 0 saturated heterocycles. The van der Waals surface area contributed by atoms with Crippen molar-refractivity contribution in [3.63, 3.8) is 0 Å². The lowest BCUT2D eigenvalue weighted by atomic mass is 10.1. The highest BCUT2D eigenvalue weighted by atomic mass is 32.2. The standard InChI is InChI=1S/C14H22N2O2S/c1-3-14(11-5-6-11)16-12-7-9-13(10-8-12)19(17,18)15-4-2/h7-11,14-16H,3-6H2,1-2H3. The van der Waals surface area contributed by atoms with Crippen molar-refractivity contribution in [3.8, 4) is 0 Å². The van der Waals surface area contributed by atoms with Crippen LogP contribution in [0.1, 0.15) is 33.1 Å². The maximum atomic E-state index is 11.8. The maximum absolute atomic E-state index is 11.8. The second-order valence-corrected chi connectivity index (χ2v) is 6.79. The minimum absolute atomic E-state index is 0.319. The van der Waals surface area contributed by atoms with Gasteiger partial charge in [-0.25, -0.2) is 13.1 Å². The van der Waals surface area contributed by atoms with Crippen LogP contribution in [0.2, 0.25) is 0 Å². The van der Waals surface area contributed by atoms with Crippen LogP contribution in [0, 0.1) is 5.92 Å². The van der Waals surface area contributed by atoms with Gasteiger partial charge in [0.2, 0.25) is 10.0 Å². The lowest BCUT2D eigenvalue weighted by Gasteiger charge is -2.17. The Morgan fingerprint density at radius 2 is 1.84 bits per heavy atom. The van der Waals surface area contributed by atoms with Crippen LogP contribution < -0.4 is 10.0 Å². The van der Waals surface area contributed by atoms with E-state index in [0.29, 0.717) is 17.5 Å². The first kappa shape index (κ1) is 14.3. The molecule has 1 aliphatic carbocycles. The summed E-state index contributed by atoms with van der Waals surface area (Å²) < 4.78 is 26.1. The number of hydrogen-bond acceptors (Lipinski definition) is 3. The van der Waals surface area contributed by atoms with Crippen molar-refractivity contribution in [1.29, 1.82) is 0 Å². The third kappa shape index (κ3) is 3.70. The Hall–Kier alpha value is -1.07. The summed E-state index contributed by atoms with van der Waals surface area (Å²) >= 11 is 0. The van der Waals surface area contributed by atoms with Crippen LogP contribution in [0.25, 0.3) is 0 Å². The molecule has 19 heavy (non-hydrogen) atoms. The normalized spacial score (nSPS) is 17.2. The lowest BCUT2D eigenvalue weighted by Crippen LogP contribution is -2.23. The van der Waals surface area contributed by atoms with Gasteiger partial charge >= 0.3 is 0 Å². The van der Waals surface area contributed by atoms with Gasteiger partial charge in [-0.05, 0) is 49.4 Å². The largest absolute Gasteiger partial charge is 0.382 e. The van der Waals surface area contributed by atoms with E-state index in [4.69, 9.17) is 0 Å². The van der Waals surface area contributed by atoms with Crippen molar-refractivity contribution in [2.75, 3.05) is 11.9 Å². The molecule has 0 bridgehead atoms. The average molecular weight is 282 g/mol. The zero-order valence-corrected chi connectivity index (χ0v) is 12.3. The van der Waals surface area contributed by atoms with Crippen molar-refractivity contribution in [2.24, 2.45) is 5.92 Å². The molecule has 1 aromatic rings. The first-order valence-corrected chi connectivity index (χ1v) is 8.41. The molecule has 0 aliphatic heterocycles. The quantitative estimate of drug-likeness (QED) is 0.808. The number of anilines is 1. The Morgan fingerprint density at radius 3 is 2.32 bits per heavy atom. The first-order chi connectivity index (χ1) is 9.06. The Bertz CT molecular complexity index is 507. The fourth-order valence-corrected chi connectivity index (χ4v) is 3.31. The minimum Gasteiger partial charge on any atom is -0.382 e. The van der Waals surface area contributed by atoms with E-state index in [1.807, 2.05) is 12.1 Å². The van der Waals surface area contributed by atoms with Crippen LogP contribution >= 0.6 is 0 Å². The topological polar surface area (TPSA) is 58.2 Å². The molecule has 1 aliphatic rings. The van der Waals surface area contributed by atoms with Gasteiger partial charge in [-0.2, -0.15) is 0 Å². The van der Waals surface area contributed by atoms with Gasteiger partial charge in [0.15, 0.2) is 0 Å². The predicted octanol–water partition coefficient (Wildman–Crippen LogP) is 2.59. The number of rotatable bonds is 7. The average Bonchev–Trinajstić information content (AvgIpc) is 3.21. The highest BCUT2D eigenvalue weighted by Gasteiger charge is 2.29. The van der Waals surface area contributed by atoms with E-state index in [9.17, 15) is 8.42 Å². The van der Waals surface area contributed by atoms with Crippen LogP contribution in [0.4, 0.5) is 5.69 Å². The van der Waals surface area contributed by atoms with Gasteiger partial charge < -0.3 is 5.32 Å². The van der Waals surface area contributed by atoms with Crippen LogP contribution in [0.3, 0.4) is 0 Å². The molecule has 2 N–H and O–H groups in total. The number of benzene rings is 1. The van der Waals surface area contributed by atoms with E-state index >= 15 is 0 Å². The third-order valence-electron chi connectivity index (χ3n) is 3.48. The molecule has 1 aromatic carbocycles. The summed E-state index contributed by atoms with van der Waals surface area (Å²) in [4.78, 5) is 0.319. The summed E-state index contributed by atoms with van der Waals surface area (Å²) in [5.74, 6) is 0.787. The number of hydrogen-bond donors (Lipinski definition) is 2. The van der Waals surface area contributed by atoms with E-state index < -0.39 is 10.0 Å². The van der Waals surface area contributed by atoms with Crippen molar-refractivity contribution in [2.45, 2.75) is 44.0 Å². The van der Waals surface area contributed by atoms with Crippen LogP contribution in [-0.2, 0) is 10.0 Å². The van der Waals surface area contributed by atoms with E-state index in [2.05, 4.69) is 17.0 Å². The first-order valence-electron chi connectivity index (χ1n) is 6.93. The molecule has 0 heterocycles. The molecule has 1 fully saturated rings. The maximum Gasteiger partial charge on any atom is 0.240 e. The summed E-state index contributed by atoms with van der Waals surface area (Å²) in [7, 11) is -3.34. The van der Waals surface area contributed by atoms with Gasteiger partial charge in [-0.3, -0.25) is 0 Å². The van der Waals surface area contributed by atoms with Crippen molar-refractivity contribution >= 4 is 15.7 Å². The molecule has 0 aromatic heterocycles.